The number of ether oxygens (including phenoxy) is 1. The van der Waals surface area contributed by atoms with Crippen LogP contribution in [0.4, 0.5) is 10.2 Å². The molecule has 3 aromatic heterocycles. The monoisotopic (exact) mass is 446 g/mol. The molecule has 0 saturated carbocycles. The van der Waals surface area contributed by atoms with Crippen LogP contribution in [-0.2, 0) is 9.53 Å². The number of aromatic amines is 1. The number of rotatable bonds is 7. The quantitative estimate of drug-likeness (QED) is 0.538. The van der Waals surface area contributed by atoms with Crippen molar-refractivity contribution in [1.82, 2.24) is 24.8 Å². The van der Waals surface area contributed by atoms with Crippen LogP contribution in [0.15, 0.2) is 24.7 Å². The van der Waals surface area contributed by atoms with Gasteiger partial charge in [-0.1, -0.05) is 25.4 Å². The molecule has 8 nitrogen and oxygen atoms in total. The van der Waals surface area contributed by atoms with Gasteiger partial charge in [0.25, 0.3) is 0 Å². The smallest absolute Gasteiger partial charge is 0.183 e. The summed E-state index contributed by atoms with van der Waals surface area (Å²) in [6, 6.07) is 1.75. The minimum absolute atomic E-state index is 0.0121. The Morgan fingerprint density at radius 3 is 3.06 bits per heavy atom. The molecule has 164 valence electrons. The molecule has 4 heterocycles. The lowest BCUT2D eigenvalue weighted by molar-refractivity contribution is -0.117. The Hall–Kier alpha value is -2.62. The zero-order valence-electron chi connectivity index (χ0n) is 17.4. The van der Waals surface area contributed by atoms with Gasteiger partial charge in [-0.05, 0) is 6.07 Å². The van der Waals surface area contributed by atoms with Gasteiger partial charge in [0.05, 0.1) is 30.5 Å². The molecule has 0 bridgehead atoms. The second-order valence-corrected chi connectivity index (χ2v) is 8.77. The van der Waals surface area contributed by atoms with Crippen LogP contribution in [0, 0.1) is 11.2 Å². The summed E-state index contributed by atoms with van der Waals surface area (Å²) in [5.74, 6) is -0.0798. The Kier molecular flexibility index (Phi) is 6.17. The largest absolute Gasteiger partial charge is 0.378 e. The van der Waals surface area contributed by atoms with E-state index in [0.29, 0.717) is 54.9 Å². The third-order valence-electron chi connectivity index (χ3n) is 5.27. The second-order valence-electron chi connectivity index (χ2n) is 8.33. The van der Waals surface area contributed by atoms with Gasteiger partial charge in [0.1, 0.15) is 11.9 Å². The minimum Gasteiger partial charge on any atom is -0.378 e. The van der Waals surface area contributed by atoms with Crippen molar-refractivity contribution >= 4 is 34.7 Å². The summed E-state index contributed by atoms with van der Waals surface area (Å²) >= 11 is 6.07. The Bertz CT molecular complexity index is 1090. The molecule has 0 aliphatic carbocycles. The van der Waals surface area contributed by atoms with Crippen molar-refractivity contribution in [3.05, 3.63) is 35.5 Å². The molecule has 0 amide bonds. The van der Waals surface area contributed by atoms with Crippen LogP contribution < -0.4 is 5.32 Å². The van der Waals surface area contributed by atoms with Crippen LogP contribution in [0.2, 0.25) is 5.02 Å². The fraction of sp³-hybridized carbons (Fsp3) is 0.429. The number of aldehydes is 1. The predicted octanol–water partition coefficient (Wildman–Crippen LogP) is 3.15. The molecular formula is C21H24ClFN6O2. The molecule has 10 heteroatoms. The molecule has 1 unspecified atom stereocenters. The van der Waals surface area contributed by atoms with E-state index in [9.17, 15) is 9.18 Å². The number of hydrogen-bond acceptors (Lipinski definition) is 7. The Labute approximate surface area is 184 Å². The van der Waals surface area contributed by atoms with Crippen LogP contribution in [0.25, 0.3) is 22.4 Å². The molecule has 1 aliphatic heterocycles. The van der Waals surface area contributed by atoms with Crippen LogP contribution in [-0.4, -0.2) is 70.0 Å². The predicted molar refractivity (Wildman–Crippen MR) is 117 cm³/mol. The van der Waals surface area contributed by atoms with Crippen molar-refractivity contribution in [2.45, 2.75) is 19.9 Å². The number of aromatic nitrogens is 4. The van der Waals surface area contributed by atoms with Gasteiger partial charge in [-0.2, -0.15) is 0 Å². The first kappa shape index (κ1) is 21.6. The van der Waals surface area contributed by atoms with E-state index in [-0.39, 0.29) is 11.9 Å². The molecule has 1 aliphatic rings. The number of nitrogens with zero attached hydrogens (tertiary/aromatic N) is 4. The number of H-pyrrole nitrogens is 1. The number of carbonyl (C=O) groups excluding carboxylic acids is 1. The molecule has 1 fully saturated rings. The number of halogens is 2. The maximum atomic E-state index is 14.4. The normalized spacial score (nSPS) is 17.7. The first-order chi connectivity index (χ1) is 14.9. The van der Waals surface area contributed by atoms with Crippen LogP contribution >= 0.6 is 11.6 Å². The highest BCUT2D eigenvalue weighted by Gasteiger charge is 2.29. The van der Waals surface area contributed by atoms with E-state index in [4.69, 9.17) is 16.3 Å². The lowest BCUT2D eigenvalue weighted by Crippen LogP contribution is -2.52. The topological polar surface area (TPSA) is 96.0 Å². The summed E-state index contributed by atoms with van der Waals surface area (Å²) in [4.78, 5) is 29.3. The van der Waals surface area contributed by atoms with E-state index in [0.717, 1.165) is 17.9 Å². The van der Waals surface area contributed by atoms with Crippen molar-refractivity contribution in [2.24, 2.45) is 5.41 Å². The van der Waals surface area contributed by atoms with Gasteiger partial charge >= 0.3 is 0 Å². The maximum Gasteiger partial charge on any atom is 0.183 e. The molecule has 3 aromatic rings. The summed E-state index contributed by atoms with van der Waals surface area (Å²) in [6.45, 7) is 6.64. The molecule has 0 spiro atoms. The highest BCUT2D eigenvalue weighted by Crippen LogP contribution is 2.28. The first-order valence-electron chi connectivity index (χ1n) is 10.0. The van der Waals surface area contributed by atoms with Crippen molar-refractivity contribution in [3.8, 4) is 11.4 Å². The molecule has 0 radical (unpaired) electrons. The first-order valence-corrected chi connectivity index (χ1v) is 10.4. The number of fused-ring (bicyclic) bond motifs is 1. The highest BCUT2D eigenvalue weighted by molar-refractivity contribution is 6.31. The molecule has 0 aromatic carbocycles. The van der Waals surface area contributed by atoms with Gasteiger partial charge in [0.2, 0.25) is 0 Å². The third-order valence-corrected chi connectivity index (χ3v) is 5.47. The summed E-state index contributed by atoms with van der Waals surface area (Å²) < 4.78 is 20.0. The average molecular weight is 447 g/mol. The molecule has 2 N–H and O–H groups in total. The molecule has 1 saturated heterocycles. The van der Waals surface area contributed by atoms with Gasteiger partial charge in [-0.15, -0.1) is 0 Å². The molecule has 31 heavy (non-hydrogen) atoms. The summed E-state index contributed by atoms with van der Waals surface area (Å²) in [5.41, 5.74) is 0.867. The maximum absolute atomic E-state index is 14.4. The van der Waals surface area contributed by atoms with Crippen molar-refractivity contribution in [3.63, 3.8) is 0 Å². The van der Waals surface area contributed by atoms with E-state index in [1.807, 2.05) is 13.8 Å². The van der Waals surface area contributed by atoms with Crippen LogP contribution in [0.1, 0.15) is 13.8 Å². The molecule has 4 rings (SSSR count). The van der Waals surface area contributed by atoms with Gasteiger partial charge in [-0.25, -0.2) is 19.3 Å². The van der Waals surface area contributed by atoms with Crippen LogP contribution in [0.5, 0.6) is 0 Å². The number of anilines is 1. The summed E-state index contributed by atoms with van der Waals surface area (Å²) in [5, 5.41) is 4.34. The number of pyridine rings is 1. The summed E-state index contributed by atoms with van der Waals surface area (Å²) in [7, 11) is 0. The van der Waals surface area contributed by atoms with Crippen molar-refractivity contribution < 1.29 is 13.9 Å². The van der Waals surface area contributed by atoms with Crippen molar-refractivity contribution in [1.29, 1.82) is 0 Å². The van der Waals surface area contributed by atoms with Gasteiger partial charge in [0, 0.05) is 48.4 Å². The Balaban J connectivity index is 1.53. The van der Waals surface area contributed by atoms with E-state index < -0.39 is 11.2 Å². The fourth-order valence-electron chi connectivity index (χ4n) is 3.64. The van der Waals surface area contributed by atoms with Gasteiger partial charge in [0.15, 0.2) is 17.5 Å². The third kappa shape index (κ3) is 4.84. The lowest BCUT2D eigenvalue weighted by atomic mass is 9.94. The molecular weight excluding hydrogens is 423 g/mol. The second kappa shape index (κ2) is 8.86. The average Bonchev–Trinajstić information content (AvgIpc) is 3.17. The Morgan fingerprint density at radius 1 is 1.42 bits per heavy atom. The Morgan fingerprint density at radius 2 is 2.26 bits per heavy atom. The zero-order chi connectivity index (χ0) is 22.0. The SMILES string of the molecule is CC(C)(C=O)CN1CCOCC1CNc1nc(-c2c[nH]c3ncc(Cl)cc23)ncc1F. The fourth-order valence-corrected chi connectivity index (χ4v) is 3.80. The van der Waals surface area contributed by atoms with E-state index in [2.05, 4.69) is 30.2 Å². The standard InChI is InChI=1S/C21H24ClFN6O2/c1-21(2,12-30)11-29-3-4-31-10-14(29)7-25-20-17(23)9-27-19(28-20)16-8-26-18-15(16)5-13(22)6-24-18/h5-6,8-9,12,14H,3-4,7,10-11H2,1-2H3,(H,24,26)(H,25,27,28). The van der Waals surface area contributed by atoms with E-state index in [1.54, 1.807) is 18.5 Å². The van der Waals surface area contributed by atoms with Crippen molar-refractivity contribution in [2.75, 3.05) is 38.2 Å². The van der Waals surface area contributed by atoms with Gasteiger partial charge < -0.3 is 19.8 Å². The number of carbonyl (C=O) groups is 1. The molecule has 1 atom stereocenters. The number of hydrogen-bond donors (Lipinski definition) is 2. The minimum atomic E-state index is -0.545. The zero-order valence-corrected chi connectivity index (χ0v) is 18.1. The highest BCUT2D eigenvalue weighted by atomic mass is 35.5. The lowest BCUT2D eigenvalue weighted by Gasteiger charge is -2.38. The summed E-state index contributed by atoms with van der Waals surface area (Å²) in [6.07, 6.45) is 5.38. The van der Waals surface area contributed by atoms with E-state index >= 15 is 0 Å². The number of nitrogens with one attached hydrogen (secondary N) is 2. The van der Waals surface area contributed by atoms with Gasteiger partial charge in [-0.3, -0.25) is 4.90 Å². The number of morpholine rings is 1. The van der Waals surface area contributed by atoms with Crippen LogP contribution in [0.3, 0.4) is 0 Å². The van der Waals surface area contributed by atoms with E-state index in [1.165, 1.54) is 0 Å².